The van der Waals surface area contributed by atoms with E-state index in [1.165, 1.54) is 32.1 Å². The van der Waals surface area contributed by atoms with Gasteiger partial charge in [-0.1, -0.05) is 39.5 Å². The molecule has 1 saturated heterocycles. The Balaban J connectivity index is 1.76. The lowest BCUT2D eigenvalue weighted by molar-refractivity contribution is 0.0683. The van der Waals surface area contributed by atoms with Crippen molar-refractivity contribution in [3.8, 4) is 5.75 Å². The maximum absolute atomic E-state index is 12.5. The van der Waals surface area contributed by atoms with Gasteiger partial charge in [-0.15, -0.1) is 0 Å². The molecule has 1 heterocycles. The van der Waals surface area contributed by atoms with Crippen LogP contribution in [0.1, 0.15) is 69.2 Å². The van der Waals surface area contributed by atoms with E-state index in [1.807, 2.05) is 29.2 Å². The van der Waals surface area contributed by atoms with E-state index in [1.54, 1.807) is 0 Å². The Kier molecular flexibility index (Phi) is 7.44. The van der Waals surface area contributed by atoms with E-state index in [0.29, 0.717) is 5.92 Å². The van der Waals surface area contributed by atoms with E-state index in [0.717, 1.165) is 43.9 Å². The number of carbonyl (C=O) groups is 1. The SMILES string of the molecule is CCCCCCCOc1ccc(C(=O)N2CCCC(C)C2)cc1. The Bertz CT molecular complexity index is 469. The van der Waals surface area contributed by atoms with Crippen molar-refractivity contribution in [2.45, 2.75) is 58.8 Å². The number of piperidine rings is 1. The maximum atomic E-state index is 12.5. The molecule has 0 radical (unpaired) electrons. The molecule has 0 N–H and O–H groups in total. The predicted molar refractivity (Wildman–Crippen MR) is 95.0 cm³/mol. The van der Waals surface area contributed by atoms with Crippen molar-refractivity contribution < 1.29 is 9.53 Å². The zero-order valence-corrected chi connectivity index (χ0v) is 14.7. The van der Waals surface area contributed by atoms with E-state index in [9.17, 15) is 4.79 Å². The molecule has 0 saturated carbocycles. The first kappa shape index (κ1) is 17.8. The predicted octanol–water partition coefficient (Wildman–Crippen LogP) is 4.91. The number of likely N-dealkylation sites (tertiary alicyclic amines) is 1. The van der Waals surface area contributed by atoms with E-state index in [-0.39, 0.29) is 5.91 Å². The summed E-state index contributed by atoms with van der Waals surface area (Å²) in [4.78, 5) is 14.5. The van der Waals surface area contributed by atoms with Gasteiger partial charge in [0.1, 0.15) is 5.75 Å². The average Bonchev–Trinajstić information content (AvgIpc) is 2.58. The van der Waals surface area contributed by atoms with Crippen LogP contribution in [0.2, 0.25) is 0 Å². The zero-order valence-electron chi connectivity index (χ0n) is 14.7. The molecule has 0 bridgehead atoms. The monoisotopic (exact) mass is 317 g/mol. The fourth-order valence-corrected chi connectivity index (χ4v) is 3.15. The molecule has 2 rings (SSSR count). The van der Waals surface area contributed by atoms with Crippen LogP contribution in [0.15, 0.2) is 24.3 Å². The summed E-state index contributed by atoms with van der Waals surface area (Å²) in [5.41, 5.74) is 0.773. The van der Waals surface area contributed by atoms with Crippen molar-refractivity contribution in [1.82, 2.24) is 4.90 Å². The highest BCUT2D eigenvalue weighted by molar-refractivity contribution is 5.94. The van der Waals surface area contributed by atoms with Crippen LogP contribution in [0.25, 0.3) is 0 Å². The smallest absolute Gasteiger partial charge is 0.253 e. The lowest BCUT2D eigenvalue weighted by Gasteiger charge is -2.31. The fourth-order valence-electron chi connectivity index (χ4n) is 3.15. The topological polar surface area (TPSA) is 29.5 Å². The minimum absolute atomic E-state index is 0.155. The van der Waals surface area contributed by atoms with Crippen LogP contribution >= 0.6 is 0 Å². The van der Waals surface area contributed by atoms with Crippen LogP contribution in [0.5, 0.6) is 5.75 Å². The van der Waals surface area contributed by atoms with Crippen LogP contribution < -0.4 is 4.74 Å². The minimum atomic E-state index is 0.155. The van der Waals surface area contributed by atoms with Crippen molar-refractivity contribution in [3.05, 3.63) is 29.8 Å². The van der Waals surface area contributed by atoms with Crippen molar-refractivity contribution in [2.24, 2.45) is 5.92 Å². The molecule has 1 fully saturated rings. The van der Waals surface area contributed by atoms with Gasteiger partial charge in [0, 0.05) is 18.7 Å². The first-order chi connectivity index (χ1) is 11.2. The normalized spacial score (nSPS) is 18.0. The highest BCUT2D eigenvalue weighted by atomic mass is 16.5. The molecular weight excluding hydrogens is 286 g/mol. The number of rotatable bonds is 8. The molecule has 0 spiro atoms. The van der Waals surface area contributed by atoms with Crippen molar-refractivity contribution in [2.75, 3.05) is 19.7 Å². The molecule has 0 aromatic heterocycles. The largest absolute Gasteiger partial charge is 0.494 e. The Morgan fingerprint density at radius 1 is 1.17 bits per heavy atom. The van der Waals surface area contributed by atoms with E-state index < -0.39 is 0 Å². The number of unbranched alkanes of at least 4 members (excludes halogenated alkanes) is 4. The summed E-state index contributed by atoms with van der Waals surface area (Å²) < 4.78 is 5.76. The van der Waals surface area contributed by atoms with Gasteiger partial charge in [0.05, 0.1) is 6.61 Å². The van der Waals surface area contributed by atoms with Crippen LogP contribution in [-0.2, 0) is 0 Å². The fraction of sp³-hybridized carbons (Fsp3) is 0.650. The summed E-state index contributed by atoms with van der Waals surface area (Å²) >= 11 is 0. The third-order valence-electron chi connectivity index (χ3n) is 4.56. The summed E-state index contributed by atoms with van der Waals surface area (Å²) in [7, 11) is 0. The minimum Gasteiger partial charge on any atom is -0.494 e. The van der Waals surface area contributed by atoms with Gasteiger partial charge in [0.2, 0.25) is 0 Å². The number of nitrogens with zero attached hydrogens (tertiary/aromatic N) is 1. The molecule has 1 aliphatic heterocycles. The highest BCUT2D eigenvalue weighted by Gasteiger charge is 2.21. The summed E-state index contributed by atoms with van der Waals surface area (Å²) in [6, 6.07) is 7.64. The molecule has 3 heteroatoms. The van der Waals surface area contributed by atoms with Gasteiger partial charge < -0.3 is 9.64 Å². The second-order valence-electron chi connectivity index (χ2n) is 6.79. The summed E-state index contributed by atoms with van der Waals surface area (Å²) in [5.74, 6) is 1.63. The van der Waals surface area contributed by atoms with Gasteiger partial charge in [-0.3, -0.25) is 4.79 Å². The third kappa shape index (κ3) is 5.89. The van der Waals surface area contributed by atoms with Gasteiger partial charge in [0.15, 0.2) is 0 Å². The molecule has 1 atom stereocenters. The van der Waals surface area contributed by atoms with E-state index in [4.69, 9.17) is 4.74 Å². The molecule has 0 aliphatic carbocycles. The van der Waals surface area contributed by atoms with E-state index in [2.05, 4.69) is 13.8 Å². The Labute approximate surface area is 141 Å². The Morgan fingerprint density at radius 3 is 2.61 bits per heavy atom. The van der Waals surface area contributed by atoms with Crippen molar-refractivity contribution in [3.63, 3.8) is 0 Å². The number of benzene rings is 1. The second kappa shape index (κ2) is 9.59. The van der Waals surface area contributed by atoms with E-state index >= 15 is 0 Å². The first-order valence-electron chi connectivity index (χ1n) is 9.23. The lowest BCUT2D eigenvalue weighted by atomic mass is 9.99. The number of carbonyl (C=O) groups excluding carboxylic acids is 1. The average molecular weight is 317 g/mol. The first-order valence-corrected chi connectivity index (χ1v) is 9.23. The molecule has 1 aromatic carbocycles. The molecular formula is C20H31NO2. The molecule has 1 unspecified atom stereocenters. The second-order valence-corrected chi connectivity index (χ2v) is 6.79. The standard InChI is InChI=1S/C20H31NO2/c1-3-4-5-6-7-15-23-19-12-10-18(11-13-19)20(22)21-14-8-9-17(2)16-21/h10-13,17H,3-9,14-16H2,1-2H3. The summed E-state index contributed by atoms with van der Waals surface area (Å²) in [5, 5.41) is 0. The van der Waals surface area contributed by atoms with Crippen LogP contribution in [-0.4, -0.2) is 30.5 Å². The summed E-state index contributed by atoms with van der Waals surface area (Å²) in [6.07, 6.45) is 8.56. The van der Waals surface area contributed by atoms with Crippen molar-refractivity contribution >= 4 is 5.91 Å². The summed E-state index contributed by atoms with van der Waals surface area (Å²) in [6.45, 7) is 6.98. The van der Waals surface area contributed by atoms with Gasteiger partial charge in [-0.2, -0.15) is 0 Å². The molecule has 23 heavy (non-hydrogen) atoms. The highest BCUT2D eigenvalue weighted by Crippen LogP contribution is 2.19. The van der Waals surface area contributed by atoms with Crippen LogP contribution in [0, 0.1) is 5.92 Å². The number of hydrogen-bond acceptors (Lipinski definition) is 2. The van der Waals surface area contributed by atoms with Gasteiger partial charge in [0.25, 0.3) is 5.91 Å². The molecule has 1 aromatic rings. The quantitative estimate of drug-likeness (QED) is 0.638. The number of amides is 1. The maximum Gasteiger partial charge on any atom is 0.253 e. The van der Waals surface area contributed by atoms with Gasteiger partial charge in [-0.05, 0) is 49.4 Å². The van der Waals surface area contributed by atoms with Crippen LogP contribution in [0.4, 0.5) is 0 Å². The molecule has 1 amide bonds. The molecule has 1 aliphatic rings. The van der Waals surface area contributed by atoms with Crippen LogP contribution in [0.3, 0.4) is 0 Å². The molecule has 128 valence electrons. The lowest BCUT2D eigenvalue weighted by Crippen LogP contribution is -2.39. The number of hydrogen-bond donors (Lipinski definition) is 0. The molecule has 3 nitrogen and oxygen atoms in total. The van der Waals surface area contributed by atoms with Gasteiger partial charge >= 0.3 is 0 Å². The van der Waals surface area contributed by atoms with Crippen molar-refractivity contribution in [1.29, 1.82) is 0 Å². The van der Waals surface area contributed by atoms with Gasteiger partial charge in [-0.25, -0.2) is 0 Å². The zero-order chi connectivity index (χ0) is 16.5. The Morgan fingerprint density at radius 2 is 1.91 bits per heavy atom. The Hall–Kier alpha value is -1.51. The number of ether oxygens (including phenoxy) is 1. The third-order valence-corrected chi connectivity index (χ3v) is 4.56.